The van der Waals surface area contributed by atoms with E-state index < -0.39 is 0 Å². The van der Waals surface area contributed by atoms with Crippen LogP contribution in [-0.4, -0.2) is 15.9 Å². The predicted octanol–water partition coefficient (Wildman–Crippen LogP) is 9.55. The third-order valence-electron chi connectivity index (χ3n) is 6.18. The molecule has 0 aliphatic carbocycles. The smallest absolute Gasteiger partial charge is 0.282 e. The van der Waals surface area contributed by atoms with Crippen LogP contribution in [0.2, 0.25) is 10.0 Å². The number of benzene rings is 4. The second-order valence-electron chi connectivity index (χ2n) is 8.94. The van der Waals surface area contributed by atoms with Crippen LogP contribution < -0.4 is 10.3 Å². The number of rotatable bonds is 6. The molecule has 0 N–H and O–H groups in total. The molecule has 0 radical (unpaired) electrons. The second kappa shape index (κ2) is 12.0. The van der Waals surface area contributed by atoms with Gasteiger partial charge in [-0.15, -0.1) is 0 Å². The maximum absolute atomic E-state index is 13.6. The van der Waals surface area contributed by atoms with E-state index in [1.54, 1.807) is 36.5 Å². The van der Waals surface area contributed by atoms with Gasteiger partial charge < -0.3 is 9.15 Å². The quantitative estimate of drug-likeness (QED) is 0.124. The van der Waals surface area contributed by atoms with Crippen LogP contribution in [0.25, 0.3) is 33.5 Å². The highest BCUT2D eigenvalue weighted by Crippen LogP contribution is 2.32. The van der Waals surface area contributed by atoms with Crippen molar-refractivity contribution in [3.05, 3.63) is 122 Å². The van der Waals surface area contributed by atoms with E-state index in [1.165, 1.54) is 4.68 Å². The molecular weight excluding hydrogens is 855 g/mol. The molecule has 0 atom stereocenters. The summed E-state index contributed by atoms with van der Waals surface area (Å²) in [7, 11) is 0. The van der Waals surface area contributed by atoms with E-state index in [1.807, 2.05) is 48.5 Å². The number of para-hydroxylation sites is 1. The number of ether oxygens (including phenoxy) is 1. The Bertz CT molecular complexity index is 2040. The van der Waals surface area contributed by atoms with Gasteiger partial charge in [0.1, 0.15) is 17.9 Å². The van der Waals surface area contributed by atoms with Crippen LogP contribution in [-0.2, 0) is 6.61 Å². The fourth-order valence-corrected chi connectivity index (χ4v) is 7.19. The lowest BCUT2D eigenvalue weighted by Gasteiger charge is -2.12. The summed E-state index contributed by atoms with van der Waals surface area (Å²) in [6.45, 7) is 0.297. The zero-order valence-electron chi connectivity index (χ0n) is 20.7. The molecule has 11 heteroatoms. The lowest BCUT2D eigenvalue weighted by molar-refractivity contribution is 0.302. The van der Waals surface area contributed by atoms with Crippen LogP contribution in [0, 0.1) is 7.14 Å². The van der Waals surface area contributed by atoms with Gasteiger partial charge in [0.25, 0.3) is 5.56 Å². The summed E-state index contributed by atoms with van der Waals surface area (Å²) in [4.78, 5) is 18.3. The fourth-order valence-electron chi connectivity index (χ4n) is 4.22. The number of hydrogen-bond acceptors (Lipinski definition) is 5. The molecule has 0 amide bonds. The molecule has 0 aliphatic rings. The lowest BCUT2D eigenvalue weighted by Crippen LogP contribution is -2.20. The van der Waals surface area contributed by atoms with E-state index >= 15 is 0 Å². The summed E-state index contributed by atoms with van der Waals surface area (Å²) in [6.07, 6.45) is 1.63. The first-order chi connectivity index (χ1) is 19.8. The van der Waals surface area contributed by atoms with Crippen LogP contribution in [0.3, 0.4) is 0 Å². The summed E-state index contributed by atoms with van der Waals surface area (Å²) < 4.78 is 16.2. The highest BCUT2D eigenvalue weighted by atomic mass is 127. The van der Waals surface area contributed by atoms with Gasteiger partial charge >= 0.3 is 0 Å². The summed E-state index contributed by atoms with van der Waals surface area (Å²) in [5, 5.41) is 7.05. The molecule has 0 spiro atoms. The van der Waals surface area contributed by atoms with E-state index in [4.69, 9.17) is 37.3 Å². The van der Waals surface area contributed by atoms with Crippen molar-refractivity contribution in [3.8, 4) is 17.3 Å². The topological polar surface area (TPSA) is 69.6 Å². The van der Waals surface area contributed by atoms with E-state index in [9.17, 15) is 4.79 Å². The van der Waals surface area contributed by atoms with Crippen LogP contribution in [0.1, 0.15) is 11.1 Å². The van der Waals surface area contributed by atoms with Crippen molar-refractivity contribution in [2.24, 2.45) is 5.10 Å². The number of hydrogen-bond donors (Lipinski definition) is 0. The van der Waals surface area contributed by atoms with Crippen molar-refractivity contribution in [3.63, 3.8) is 0 Å². The van der Waals surface area contributed by atoms with E-state index in [0.29, 0.717) is 44.7 Å². The van der Waals surface area contributed by atoms with Gasteiger partial charge in [0, 0.05) is 25.5 Å². The second-order valence-corrected chi connectivity index (χ2v) is 13.0. The van der Waals surface area contributed by atoms with E-state index in [-0.39, 0.29) is 5.56 Å². The highest BCUT2D eigenvalue weighted by molar-refractivity contribution is 14.1. The Morgan fingerprint density at radius 2 is 1.78 bits per heavy atom. The summed E-state index contributed by atoms with van der Waals surface area (Å²) in [5.74, 6) is 1.47. The van der Waals surface area contributed by atoms with Gasteiger partial charge in [-0.2, -0.15) is 9.78 Å². The minimum atomic E-state index is -0.298. The molecule has 0 unspecified atom stereocenters. The van der Waals surface area contributed by atoms with Crippen molar-refractivity contribution >= 4 is 112 Å². The number of furan rings is 1. The van der Waals surface area contributed by atoms with Gasteiger partial charge in [-0.3, -0.25) is 4.79 Å². The Hall–Kier alpha value is -2.45. The Kier molecular flexibility index (Phi) is 8.42. The van der Waals surface area contributed by atoms with Crippen LogP contribution in [0.4, 0.5) is 0 Å². The van der Waals surface area contributed by atoms with Crippen LogP contribution >= 0.6 is 84.3 Å². The van der Waals surface area contributed by atoms with Gasteiger partial charge in [0.05, 0.1) is 24.3 Å². The van der Waals surface area contributed by atoms with Crippen LogP contribution in [0.15, 0.2) is 97.6 Å². The molecule has 0 fully saturated rings. The Balaban J connectivity index is 1.37. The average Bonchev–Trinajstić information content (AvgIpc) is 3.36. The highest BCUT2D eigenvalue weighted by Gasteiger charge is 2.17. The lowest BCUT2D eigenvalue weighted by atomic mass is 10.2. The van der Waals surface area contributed by atoms with E-state index in [0.717, 1.165) is 33.9 Å². The fraction of sp³-hybridized carbons (Fsp3) is 0.0333. The van der Waals surface area contributed by atoms with Crippen molar-refractivity contribution in [1.29, 1.82) is 0 Å². The normalized spacial score (nSPS) is 11.6. The zero-order valence-corrected chi connectivity index (χ0v) is 28.2. The van der Waals surface area contributed by atoms with Gasteiger partial charge in [0.2, 0.25) is 5.82 Å². The minimum Gasteiger partial charge on any atom is -0.487 e. The Morgan fingerprint density at radius 1 is 1.00 bits per heavy atom. The SMILES string of the molecule is O=c1c2ccccc2nc(-c2cc3cc(Br)ccc3o2)n1N=Cc1cc(I)c(OCc2ccc(Cl)cc2Cl)c(I)c1. The molecule has 2 heterocycles. The molecule has 0 saturated carbocycles. The molecular formula is C30H16BrCl2I2N3O3. The first-order valence-electron chi connectivity index (χ1n) is 12.1. The van der Waals surface area contributed by atoms with Crippen LogP contribution in [0.5, 0.6) is 5.75 Å². The summed E-state index contributed by atoms with van der Waals surface area (Å²) in [5.41, 5.74) is 2.57. The molecule has 4 aromatic carbocycles. The molecule has 204 valence electrons. The zero-order chi connectivity index (χ0) is 28.7. The van der Waals surface area contributed by atoms with Gasteiger partial charge in [-0.25, -0.2) is 4.98 Å². The summed E-state index contributed by atoms with van der Waals surface area (Å²) >= 11 is 20.3. The van der Waals surface area contributed by atoms with Crippen molar-refractivity contribution in [2.75, 3.05) is 0 Å². The standard InChI is InChI=1S/C30H16BrCl2I2N3O3/c31-19-6-8-26-18(11-19)12-27(41-26)29-37-25-4-2-1-3-21(25)30(39)38(29)36-14-16-9-23(34)28(24(35)10-16)40-15-17-5-7-20(32)13-22(17)33/h1-14H,15H2. The maximum atomic E-state index is 13.6. The van der Waals surface area contributed by atoms with E-state index in [2.05, 4.69) is 66.2 Å². The maximum Gasteiger partial charge on any atom is 0.282 e. The third kappa shape index (κ3) is 6.05. The monoisotopic (exact) mass is 869 g/mol. The Morgan fingerprint density at radius 3 is 2.56 bits per heavy atom. The number of aromatic nitrogens is 2. The molecule has 0 aliphatic heterocycles. The van der Waals surface area contributed by atoms with Gasteiger partial charge in [0.15, 0.2) is 5.76 Å². The van der Waals surface area contributed by atoms with Crippen molar-refractivity contribution in [1.82, 2.24) is 9.66 Å². The number of fused-ring (bicyclic) bond motifs is 2. The molecule has 6 aromatic rings. The molecule has 2 aromatic heterocycles. The van der Waals surface area contributed by atoms with Crippen molar-refractivity contribution in [2.45, 2.75) is 6.61 Å². The Labute approximate surface area is 279 Å². The van der Waals surface area contributed by atoms with Crippen molar-refractivity contribution < 1.29 is 9.15 Å². The number of halogens is 5. The third-order valence-corrected chi connectivity index (χ3v) is 8.87. The first kappa shape index (κ1) is 28.7. The molecule has 6 rings (SSSR count). The van der Waals surface area contributed by atoms with Gasteiger partial charge in [-0.1, -0.05) is 57.3 Å². The molecule has 41 heavy (non-hydrogen) atoms. The molecule has 6 nitrogen and oxygen atoms in total. The molecule has 0 bridgehead atoms. The largest absolute Gasteiger partial charge is 0.487 e. The summed E-state index contributed by atoms with van der Waals surface area (Å²) in [6, 6.07) is 23.9. The number of nitrogens with zero attached hydrogens (tertiary/aromatic N) is 3. The molecule has 0 saturated heterocycles. The predicted molar refractivity (Wildman–Crippen MR) is 185 cm³/mol. The first-order valence-corrected chi connectivity index (χ1v) is 15.8. The minimum absolute atomic E-state index is 0.297. The van der Waals surface area contributed by atoms with Gasteiger partial charge in [-0.05, 0) is 111 Å². The average molecular weight is 871 g/mol.